The summed E-state index contributed by atoms with van der Waals surface area (Å²) in [4.78, 5) is 16.3. The molecular formula is C19H38Cl2N4O3S. The molecule has 0 amide bonds. The van der Waals surface area contributed by atoms with Crippen LogP contribution in [0.4, 0.5) is 5.13 Å². The van der Waals surface area contributed by atoms with Crippen LogP contribution in [0.5, 0.6) is 0 Å². The van der Waals surface area contributed by atoms with Crippen molar-refractivity contribution in [1.29, 1.82) is 0 Å². The van der Waals surface area contributed by atoms with E-state index < -0.39 is 5.97 Å². The number of nitrogen functional groups attached to an aromatic ring is 1. The minimum absolute atomic E-state index is 0. The maximum atomic E-state index is 10.6. The summed E-state index contributed by atoms with van der Waals surface area (Å²) in [5, 5.41) is 13.0. The van der Waals surface area contributed by atoms with Crippen molar-refractivity contribution in [2.75, 3.05) is 18.8 Å². The van der Waals surface area contributed by atoms with E-state index in [0.29, 0.717) is 12.6 Å². The molecule has 1 aromatic rings. The Morgan fingerprint density at radius 1 is 1.31 bits per heavy atom. The minimum Gasteiger partial charge on any atom is -0.481 e. The first-order chi connectivity index (χ1) is 12.5. The Morgan fingerprint density at radius 3 is 2.52 bits per heavy atom. The summed E-state index contributed by atoms with van der Waals surface area (Å²) in [6.45, 7) is 3.85. The molecule has 0 saturated heterocycles. The molecule has 1 atom stereocenters. The number of hydrogen-bond acceptors (Lipinski definition) is 6. The molecule has 0 aromatic carbocycles. The molecule has 0 radical (unpaired) electrons. The van der Waals surface area contributed by atoms with Crippen molar-refractivity contribution >= 4 is 47.3 Å². The Kier molecular flexibility index (Phi) is 16.0. The van der Waals surface area contributed by atoms with E-state index in [1.165, 1.54) is 29.8 Å². The van der Waals surface area contributed by atoms with E-state index >= 15 is 0 Å². The lowest BCUT2D eigenvalue weighted by Crippen LogP contribution is -2.34. The Labute approximate surface area is 190 Å². The number of fused-ring (bicyclic) bond motifs is 1. The quantitative estimate of drug-likeness (QED) is 0.500. The summed E-state index contributed by atoms with van der Waals surface area (Å²) >= 11 is 1.65. The Morgan fingerprint density at radius 2 is 1.97 bits per heavy atom. The maximum Gasteiger partial charge on any atom is 0.303 e. The van der Waals surface area contributed by atoms with Gasteiger partial charge in [-0.05, 0) is 57.0 Å². The van der Waals surface area contributed by atoms with E-state index in [2.05, 4.69) is 17.2 Å². The highest BCUT2D eigenvalue weighted by Gasteiger charge is 2.32. The molecule has 1 heterocycles. The number of nitrogens with zero attached hydrogens (tertiary/aromatic N) is 1. The van der Waals surface area contributed by atoms with E-state index in [1.54, 1.807) is 11.3 Å². The van der Waals surface area contributed by atoms with Crippen LogP contribution in [0.25, 0.3) is 0 Å². The Hall–Kier alpha value is -0.640. The highest BCUT2D eigenvalue weighted by molar-refractivity contribution is 7.15. The second kappa shape index (κ2) is 15.2. The van der Waals surface area contributed by atoms with Crippen molar-refractivity contribution in [3.05, 3.63) is 10.6 Å². The normalized spacial score (nSPS) is 19.2. The third-order valence-electron chi connectivity index (χ3n) is 5.51. The topological polar surface area (TPSA) is 146 Å². The van der Waals surface area contributed by atoms with Crippen LogP contribution in [0.1, 0.15) is 68.9 Å². The third kappa shape index (κ3) is 9.81. The largest absolute Gasteiger partial charge is 0.481 e. The number of nitrogens with two attached hydrogens (primary N) is 2. The number of rotatable bonds is 6. The summed E-state index contributed by atoms with van der Waals surface area (Å²) < 4.78 is 0. The number of hydrogen-bond donors (Lipinski definition) is 4. The van der Waals surface area contributed by atoms with E-state index in [9.17, 15) is 4.79 Å². The van der Waals surface area contributed by atoms with Gasteiger partial charge >= 0.3 is 5.97 Å². The highest BCUT2D eigenvalue weighted by Crippen LogP contribution is 2.38. The molecule has 1 fully saturated rings. The van der Waals surface area contributed by atoms with Crippen LogP contribution < -0.4 is 16.8 Å². The molecule has 2 aliphatic rings. The predicted molar refractivity (Wildman–Crippen MR) is 126 cm³/mol. The van der Waals surface area contributed by atoms with Crippen LogP contribution in [0.3, 0.4) is 0 Å². The van der Waals surface area contributed by atoms with E-state index in [4.69, 9.17) is 16.6 Å². The summed E-state index contributed by atoms with van der Waals surface area (Å²) in [5.41, 5.74) is 12.5. The van der Waals surface area contributed by atoms with E-state index in [1.807, 2.05) is 0 Å². The van der Waals surface area contributed by atoms with Gasteiger partial charge in [-0.15, -0.1) is 36.2 Å². The van der Waals surface area contributed by atoms with Gasteiger partial charge in [0.1, 0.15) is 0 Å². The molecule has 3 rings (SSSR count). The van der Waals surface area contributed by atoms with Crippen molar-refractivity contribution in [2.45, 2.75) is 77.2 Å². The number of carboxylic acids is 1. The van der Waals surface area contributed by atoms with Crippen molar-refractivity contribution < 1.29 is 15.4 Å². The lowest BCUT2D eigenvalue weighted by molar-refractivity contribution is -0.140. The van der Waals surface area contributed by atoms with Gasteiger partial charge in [0.25, 0.3) is 0 Å². The van der Waals surface area contributed by atoms with Gasteiger partial charge in [-0.25, -0.2) is 4.98 Å². The third-order valence-corrected chi connectivity index (χ3v) is 6.46. The number of carboxylic acid groups (broad SMARTS) is 1. The summed E-state index contributed by atoms with van der Waals surface area (Å²) in [6, 6.07) is 0.641. The molecule has 1 aromatic heterocycles. The summed E-state index contributed by atoms with van der Waals surface area (Å²) in [6.07, 6.45) is 10.4. The van der Waals surface area contributed by atoms with Crippen molar-refractivity contribution in [2.24, 2.45) is 11.1 Å². The van der Waals surface area contributed by atoms with Crippen LogP contribution in [-0.4, -0.2) is 40.7 Å². The molecule has 0 bridgehead atoms. The SMILES string of the molecule is CCCN[C@H]1CCc2nc(N)sc2C1.Cl.Cl.NCC1(CC(=O)O)CCCCC1.O. The first-order valence-electron chi connectivity index (χ1n) is 9.87. The van der Waals surface area contributed by atoms with Gasteiger partial charge in [0.2, 0.25) is 0 Å². The molecule has 8 N–H and O–H groups in total. The molecule has 172 valence electrons. The summed E-state index contributed by atoms with van der Waals surface area (Å²) in [7, 11) is 0. The standard InChI is InChI=1S/C10H17N3S.C9H17NO2.2ClH.H2O/c1-2-5-12-7-3-4-8-9(6-7)14-10(11)13-8;10-7-9(6-8(11)12)4-2-1-3-5-9;;;/h7,12H,2-6H2,1H3,(H2,11,13);1-7,10H2,(H,11,12);2*1H;1H2/t7-;;;;/m0..../s1. The van der Waals surface area contributed by atoms with E-state index in [0.717, 1.165) is 50.2 Å². The molecule has 2 aliphatic carbocycles. The fourth-order valence-corrected chi connectivity index (χ4v) is 4.95. The number of aromatic nitrogens is 1. The minimum atomic E-state index is -0.706. The Bertz CT molecular complexity index is 584. The fraction of sp³-hybridized carbons (Fsp3) is 0.789. The van der Waals surface area contributed by atoms with E-state index in [-0.39, 0.29) is 42.1 Å². The second-order valence-corrected chi connectivity index (χ2v) is 8.77. The molecule has 29 heavy (non-hydrogen) atoms. The molecule has 0 aliphatic heterocycles. The van der Waals surface area contributed by atoms with Gasteiger partial charge in [0.05, 0.1) is 12.1 Å². The number of aryl methyl sites for hydroxylation is 1. The molecule has 10 heteroatoms. The van der Waals surface area contributed by atoms with Gasteiger partial charge < -0.3 is 27.4 Å². The molecular weight excluding hydrogens is 435 g/mol. The maximum absolute atomic E-state index is 10.6. The lowest BCUT2D eigenvalue weighted by Gasteiger charge is -2.34. The number of thiazole rings is 1. The number of aliphatic carboxylic acids is 1. The van der Waals surface area contributed by atoms with Gasteiger partial charge in [-0.1, -0.05) is 26.2 Å². The zero-order valence-corrected chi connectivity index (χ0v) is 19.7. The zero-order chi connectivity index (χ0) is 19.0. The first kappa shape index (κ1) is 30.6. The smallest absolute Gasteiger partial charge is 0.303 e. The van der Waals surface area contributed by atoms with Gasteiger partial charge in [-0.2, -0.15) is 0 Å². The van der Waals surface area contributed by atoms with Gasteiger partial charge in [0.15, 0.2) is 5.13 Å². The molecule has 0 spiro atoms. The molecule has 7 nitrogen and oxygen atoms in total. The first-order valence-corrected chi connectivity index (χ1v) is 10.7. The number of halogens is 2. The molecule has 0 unspecified atom stereocenters. The zero-order valence-electron chi connectivity index (χ0n) is 17.2. The van der Waals surface area contributed by atoms with Crippen LogP contribution in [0.15, 0.2) is 0 Å². The lowest BCUT2D eigenvalue weighted by atomic mass is 9.72. The van der Waals surface area contributed by atoms with Crippen LogP contribution in [0.2, 0.25) is 0 Å². The van der Waals surface area contributed by atoms with Gasteiger partial charge in [0, 0.05) is 10.9 Å². The van der Waals surface area contributed by atoms with Crippen molar-refractivity contribution in [3.8, 4) is 0 Å². The van der Waals surface area contributed by atoms with Crippen molar-refractivity contribution in [3.63, 3.8) is 0 Å². The number of carbonyl (C=O) groups is 1. The van der Waals surface area contributed by atoms with Crippen LogP contribution in [0, 0.1) is 5.41 Å². The van der Waals surface area contributed by atoms with Crippen LogP contribution in [-0.2, 0) is 17.6 Å². The number of nitrogens with one attached hydrogen (secondary N) is 1. The predicted octanol–water partition coefficient (Wildman–Crippen LogP) is 2.97. The average Bonchev–Trinajstić information content (AvgIpc) is 3.00. The average molecular weight is 474 g/mol. The number of anilines is 1. The molecule has 1 saturated carbocycles. The fourth-order valence-electron chi connectivity index (χ4n) is 3.99. The summed E-state index contributed by atoms with van der Waals surface area (Å²) in [5.74, 6) is -0.706. The Balaban J connectivity index is 0. The monoisotopic (exact) mass is 472 g/mol. The van der Waals surface area contributed by atoms with Crippen molar-refractivity contribution in [1.82, 2.24) is 10.3 Å². The second-order valence-electron chi connectivity index (χ2n) is 7.65. The van der Waals surface area contributed by atoms with Crippen LogP contribution >= 0.6 is 36.2 Å². The van der Waals surface area contributed by atoms with Gasteiger partial charge in [-0.3, -0.25) is 4.79 Å². The highest BCUT2D eigenvalue weighted by atomic mass is 35.5.